The highest BCUT2D eigenvalue weighted by atomic mass is 32.2. The predicted molar refractivity (Wildman–Crippen MR) is 71.2 cm³/mol. The molecule has 0 aliphatic rings. The van der Waals surface area contributed by atoms with E-state index in [0.29, 0.717) is 6.10 Å². The molecule has 5 heteroatoms. The van der Waals surface area contributed by atoms with Gasteiger partial charge < -0.3 is 10.1 Å². The topological polar surface area (TPSA) is 47.0 Å². The average molecular weight is 255 g/mol. The molecule has 0 unspecified atom stereocenters. The number of hydrogen-bond acceptors (Lipinski definition) is 5. The smallest absolute Gasteiger partial charge is 0.187 e. The first-order valence-electron chi connectivity index (χ1n) is 5.89. The Morgan fingerprint density at radius 3 is 2.65 bits per heavy atom. The summed E-state index contributed by atoms with van der Waals surface area (Å²) in [4.78, 5) is 8.45. The third-order valence-electron chi connectivity index (χ3n) is 2.14. The first-order valence-corrected chi connectivity index (χ1v) is 7.12. The van der Waals surface area contributed by atoms with Crippen molar-refractivity contribution in [2.45, 2.75) is 38.1 Å². The largest absolute Gasteiger partial charge is 0.379 e. The Kier molecular flexibility index (Phi) is 7.16. The number of thioether (sulfide) groups is 1. The molecule has 0 aliphatic carbocycles. The molecule has 0 saturated heterocycles. The van der Waals surface area contributed by atoms with E-state index in [2.05, 4.69) is 29.1 Å². The van der Waals surface area contributed by atoms with E-state index in [1.807, 2.05) is 18.6 Å². The Hall–Kier alpha value is -0.650. The lowest BCUT2D eigenvalue weighted by Crippen LogP contribution is -2.17. The van der Waals surface area contributed by atoms with Crippen molar-refractivity contribution in [1.82, 2.24) is 15.3 Å². The van der Waals surface area contributed by atoms with Gasteiger partial charge in [-0.3, -0.25) is 0 Å². The molecule has 0 saturated carbocycles. The minimum atomic E-state index is 0.322. The molecule has 96 valence electrons. The van der Waals surface area contributed by atoms with Gasteiger partial charge in [0.25, 0.3) is 0 Å². The van der Waals surface area contributed by atoms with E-state index in [-0.39, 0.29) is 0 Å². The fourth-order valence-electron chi connectivity index (χ4n) is 1.29. The standard InChI is InChI=1S/C12H21N3OS/c1-10(2)16-6-4-5-13-7-11-8-14-12(17-3)15-9-11/h8-10,13H,4-7H2,1-3H3. The molecule has 4 nitrogen and oxygen atoms in total. The fourth-order valence-corrected chi connectivity index (χ4v) is 1.60. The summed E-state index contributed by atoms with van der Waals surface area (Å²) in [5.74, 6) is 0. The molecule has 0 fully saturated rings. The summed E-state index contributed by atoms with van der Waals surface area (Å²) in [6.07, 6.45) is 7.07. The summed E-state index contributed by atoms with van der Waals surface area (Å²) in [5, 5.41) is 4.16. The van der Waals surface area contributed by atoms with E-state index in [0.717, 1.165) is 36.8 Å². The lowest BCUT2D eigenvalue weighted by atomic mass is 10.3. The van der Waals surface area contributed by atoms with Gasteiger partial charge in [0.1, 0.15) is 0 Å². The Labute approximate surface area is 108 Å². The zero-order valence-electron chi connectivity index (χ0n) is 10.8. The summed E-state index contributed by atoms with van der Waals surface area (Å²) >= 11 is 1.56. The lowest BCUT2D eigenvalue weighted by molar-refractivity contribution is 0.0770. The molecular weight excluding hydrogens is 234 g/mol. The number of ether oxygens (including phenoxy) is 1. The van der Waals surface area contributed by atoms with Crippen molar-refractivity contribution in [3.05, 3.63) is 18.0 Å². The highest BCUT2D eigenvalue weighted by Gasteiger charge is 1.97. The van der Waals surface area contributed by atoms with Crippen molar-refractivity contribution >= 4 is 11.8 Å². The average Bonchev–Trinajstić information content (AvgIpc) is 2.34. The fraction of sp³-hybridized carbons (Fsp3) is 0.667. The highest BCUT2D eigenvalue weighted by molar-refractivity contribution is 7.98. The van der Waals surface area contributed by atoms with Gasteiger partial charge in [-0.2, -0.15) is 0 Å². The first-order chi connectivity index (χ1) is 8.22. The monoisotopic (exact) mass is 255 g/mol. The van der Waals surface area contributed by atoms with Crippen LogP contribution in [0.5, 0.6) is 0 Å². The van der Waals surface area contributed by atoms with Crippen LogP contribution in [-0.4, -0.2) is 35.5 Å². The molecule has 0 aromatic carbocycles. The van der Waals surface area contributed by atoms with Crippen molar-refractivity contribution in [1.29, 1.82) is 0 Å². The maximum atomic E-state index is 5.46. The van der Waals surface area contributed by atoms with Gasteiger partial charge in [-0.15, -0.1) is 0 Å². The molecule has 1 N–H and O–H groups in total. The second-order valence-electron chi connectivity index (χ2n) is 4.03. The zero-order chi connectivity index (χ0) is 12.5. The van der Waals surface area contributed by atoms with Crippen LogP contribution in [0.3, 0.4) is 0 Å². The maximum Gasteiger partial charge on any atom is 0.187 e. The Morgan fingerprint density at radius 1 is 1.35 bits per heavy atom. The number of rotatable bonds is 8. The number of nitrogens with one attached hydrogen (secondary N) is 1. The van der Waals surface area contributed by atoms with Gasteiger partial charge in [0, 0.05) is 31.1 Å². The molecule has 1 aromatic heterocycles. The van der Waals surface area contributed by atoms with Gasteiger partial charge in [-0.1, -0.05) is 11.8 Å². The van der Waals surface area contributed by atoms with Crippen LogP contribution in [0.4, 0.5) is 0 Å². The van der Waals surface area contributed by atoms with Crippen molar-refractivity contribution < 1.29 is 4.74 Å². The van der Waals surface area contributed by atoms with Crippen LogP contribution in [0.15, 0.2) is 17.6 Å². The van der Waals surface area contributed by atoms with Crippen LogP contribution < -0.4 is 5.32 Å². The molecular formula is C12H21N3OS. The zero-order valence-corrected chi connectivity index (χ0v) is 11.6. The van der Waals surface area contributed by atoms with E-state index in [9.17, 15) is 0 Å². The van der Waals surface area contributed by atoms with Gasteiger partial charge in [0.05, 0.1) is 6.10 Å². The molecule has 0 bridgehead atoms. The molecule has 1 aromatic rings. The third-order valence-corrected chi connectivity index (χ3v) is 2.72. The molecule has 17 heavy (non-hydrogen) atoms. The summed E-state index contributed by atoms with van der Waals surface area (Å²) in [6.45, 7) is 6.69. The molecule has 1 heterocycles. The molecule has 0 aliphatic heterocycles. The van der Waals surface area contributed by atoms with E-state index in [1.165, 1.54) is 0 Å². The van der Waals surface area contributed by atoms with Crippen LogP contribution in [0.2, 0.25) is 0 Å². The van der Waals surface area contributed by atoms with Crippen LogP contribution >= 0.6 is 11.8 Å². The van der Waals surface area contributed by atoms with Crippen molar-refractivity contribution in [2.24, 2.45) is 0 Å². The van der Waals surface area contributed by atoms with Crippen molar-refractivity contribution in [2.75, 3.05) is 19.4 Å². The van der Waals surface area contributed by atoms with Crippen LogP contribution in [0.1, 0.15) is 25.8 Å². The Balaban J connectivity index is 2.09. The molecule has 0 atom stereocenters. The van der Waals surface area contributed by atoms with E-state index < -0.39 is 0 Å². The summed E-state index contributed by atoms with van der Waals surface area (Å²) in [7, 11) is 0. The molecule has 0 spiro atoms. The summed E-state index contributed by atoms with van der Waals surface area (Å²) < 4.78 is 5.46. The lowest BCUT2D eigenvalue weighted by Gasteiger charge is -2.08. The number of nitrogens with zero attached hydrogens (tertiary/aromatic N) is 2. The van der Waals surface area contributed by atoms with Gasteiger partial charge >= 0.3 is 0 Å². The summed E-state index contributed by atoms with van der Waals surface area (Å²) in [5.41, 5.74) is 1.12. The number of hydrogen-bond donors (Lipinski definition) is 1. The van der Waals surface area contributed by atoms with E-state index >= 15 is 0 Å². The van der Waals surface area contributed by atoms with Crippen molar-refractivity contribution in [3.8, 4) is 0 Å². The first kappa shape index (κ1) is 14.4. The third kappa shape index (κ3) is 6.61. The Bertz CT molecular complexity index is 303. The minimum Gasteiger partial charge on any atom is -0.379 e. The highest BCUT2D eigenvalue weighted by Crippen LogP contribution is 2.06. The minimum absolute atomic E-state index is 0.322. The normalized spacial score (nSPS) is 11.1. The quantitative estimate of drug-likeness (QED) is 0.438. The van der Waals surface area contributed by atoms with Gasteiger partial charge in [0.15, 0.2) is 5.16 Å². The second kappa shape index (κ2) is 8.44. The molecule has 1 rings (SSSR count). The van der Waals surface area contributed by atoms with Gasteiger partial charge in [-0.25, -0.2) is 9.97 Å². The predicted octanol–water partition coefficient (Wildman–Crippen LogP) is 2.10. The second-order valence-corrected chi connectivity index (χ2v) is 4.80. The van der Waals surface area contributed by atoms with Gasteiger partial charge in [-0.05, 0) is 33.1 Å². The van der Waals surface area contributed by atoms with E-state index in [4.69, 9.17) is 4.74 Å². The van der Waals surface area contributed by atoms with Crippen LogP contribution in [0.25, 0.3) is 0 Å². The van der Waals surface area contributed by atoms with Crippen LogP contribution in [-0.2, 0) is 11.3 Å². The maximum absolute atomic E-state index is 5.46. The van der Waals surface area contributed by atoms with Gasteiger partial charge in [0.2, 0.25) is 0 Å². The van der Waals surface area contributed by atoms with E-state index in [1.54, 1.807) is 11.8 Å². The number of aromatic nitrogens is 2. The van der Waals surface area contributed by atoms with Crippen LogP contribution in [0, 0.1) is 0 Å². The Morgan fingerprint density at radius 2 is 2.06 bits per heavy atom. The molecule has 0 amide bonds. The summed E-state index contributed by atoms with van der Waals surface area (Å²) in [6, 6.07) is 0. The SMILES string of the molecule is CSc1ncc(CNCCCOC(C)C)cn1. The molecule has 0 radical (unpaired) electrons. The van der Waals surface area contributed by atoms with Crippen molar-refractivity contribution in [3.63, 3.8) is 0 Å².